The van der Waals surface area contributed by atoms with Gasteiger partial charge in [0.05, 0.1) is 12.2 Å². The van der Waals surface area contributed by atoms with Crippen LogP contribution in [0.25, 0.3) is 0 Å². The molecular formula is C18H32O8. The lowest BCUT2D eigenvalue weighted by molar-refractivity contribution is -0.291. The van der Waals surface area contributed by atoms with E-state index in [-0.39, 0.29) is 36.6 Å². The summed E-state index contributed by atoms with van der Waals surface area (Å²) in [6, 6.07) is 0. The maximum atomic E-state index is 10.9. The minimum atomic E-state index is -0.618. The summed E-state index contributed by atoms with van der Waals surface area (Å²) in [5.74, 6) is -1.46. The van der Waals surface area contributed by atoms with E-state index in [1.807, 2.05) is 13.8 Å². The third-order valence-electron chi connectivity index (χ3n) is 2.41. The Morgan fingerprint density at radius 3 is 1.19 bits per heavy atom. The van der Waals surface area contributed by atoms with Crippen LogP contribution in [0.5, 0.6) is 0 Å². The molecule has 0 rings (SSSR count). The van der Waals surface area contributed by atoms with Crippen molar-refractivity contribution in [3.8, 4) is 0 Å². The molecule has 8 nitrogen and oxygen atoms in total. The maximum absolute atomic E-state index is 10.9. The Balaban J connectivity index is 0. The normalized spacial score (nSPS) is 10.2. The van der Waals surface area contributed by atoms with E-state index >= 15 is 0 Å². The van der Waals surface area contributed by atoms with E-state index in [4.69, 9.17) is 0 Å². The molecule has 0 aromatic carbocycles. The molecule has 0 saturated heterocycles. The van der Waals surface area contributed by atoms with Crippen LogP contribution in [0.15, 0.2) is 0 Å². The van der Waals surface area contributed by atoms with Crippen molar-refractivity contribution in [2.45, 2.75) is 92.3 Å². The van der Waals surface area contributed by atoms with E-state index in [1.54, 1.807) is 27.7 Å². The molecule has 0 spiro atoms. The van der Waals surface area contributed by atoms with E-state index < -0.39 is 11.9 Å². The maximum Gasteiger partial charge on any atom is 0.349 e. The summed E-state index contributed by atoms with van der Waals surface area (Å²) in [7, 11) is 0. The third kappa shape index (κ3) is 20.2. The minimum absolute atomic E-state index is 0.111. The Kier molecular flexibility index (Phi) is 16.9. The first-order valence-corrected chi connectivity index (χ1v) is 8.87. The number of Topliss-reactive ketones (excluding diaryl/α,β-unsaturated/α-hetero) is 2. The zero-order chi connectivity index (χ0) is 20.5. The third-order valence-corrected chi connectivity index (χ3v) is 2.41. The lowest BCUT2D eigenvalue weighted by Crippen LogP contribution is -2.14. The Morgan fingerprint density at radius 1 is 0.654 bits per heavy atom. The molecule has 0 aliphatic heterocycles. The monoisotopic (exact) mass is 376 g/mol. The van der Waals surface area contributed by atoms with Crippen molar-refractivity contribution in [3.05, 3.63) is 0 Å². The van der Waals surface area contributed by atoms with E-state index in [0.29, 0.717) is 12.8 Å². The minimum Gasteiger partial charge on any atom is -0.299 e. The van der Waals surface area contributed by atoms with Crippen molar-refractivity contribution >= 4 is 23.5 Å². The van der Waals surface area contributed by atoms with Crippen molar-refractivity contribution in [1.29, 1.82) is 0 Å². The highest BCUT2D eigenvalue weighted by atomic mass is 17.2. The van der Waals surface area contributed by atoms with Gasteiger partial charge in [0, 0.05) is 12.8 Å². The predicted molar refractivity (Wildman–Crippen MR) is 93.7 cm³/mol. The molecule has 0 amide bonds. The Bertz CT molecular complexity index is 389. The molecule has 0 unspecified atom stereocenters. The molecule has 0 N–H and O–H groups in total. The van der Waals surface area contributed by atoms with Gasteiger partial charge in [0.1, 0.15) is 24.4 Å². The molecule has 0 aliphatic carbocycles. The molecule has 152 valence electrons. The molecule has 0 fully saturated rings. The quantitative estimate of drug-likeness (QED) is 0.290. The van der Waals surface area contributed by atoms with Crippen LogP contribution in [-0.4, -0.2) is 35.7 Å². The fraction of sp³-hybridized carbons (Fsp3) is 0.778. The standard InChI is InChI=1S/2C9H16O4/c2*1-4-5-8(10)6-9(11)13-12-7(2)3/h2*7H,4-6H2,1-3H3. The molecule has 0 aromatic rings. The highest BCUT2D eigenvalue weighted by molar-refractivity contribution is 5.95. The Morgan fingerprint density at radius 2 is 0.962 bits per heavy atom. The summed E-state index contributed by atoms with van der Waals surface area (Å²) in [5.41, 5.74) is 0. The highest BCUT2D eigenvalue weighted by Crippen LogP contribution is 1.99. The number of hydrogen-bond acceptors (Lipinski definition) is 8. The Labute approximate surface area is 155 Å². The Hall–Kier alpha value is -1.80. The molecule has 0 radical (unpaired) electrons. The van der Waals surface area contributed by atoms with Crippen LogP contribution in [0.1, 0.15) is 80.1 Å². The molecule has 0 aromatic heterocycles. The van der Waals surface area contributed by atoms with Gasteiger partial charge in [-0.2, -0.15) is 9.78 Å². The zero-order valence-corrected chi connectivity index (χ0v) is 16.7. The van der Waals surface area contributed by atoms with Crippen LogP contribution < -0.4 is 0 Å². The average molecular weight is 376 g/mol. The van der Waals surface area contributed by atoms with Crippen LogP contribution in [0.3, 0.4) is 0 Å². The van der Waals surface area contributed by atoms with Crippen LogP contribution in [0, 0.1) is 0 Å². The number of hydrogen-bond donors (Lipinski definition) is 0. The zero-order valence-electron chi connectivity index (χ0n) is 16.7. The number of carbonyl (C=O) groups is 4. The van der Waals surface area contributed by atoms with Gasteiger partial charge in [-0.25, -0.2) is 9.59 Å². The second-order valence-electron chi connectivity index (χ2n) is 6.13. The number of ketones is 2. The topological polar surface area (TPSA) is 105 Å². The van der Waals surface area contributed by atoms with Crippen molar-refractivity contribution < 1.29 is 38.7 Å². The lowest BCUT2D eigenvalue weighted by Gasteiger charge is -2.04. The van der Waals surface area contributed by atoms with Gasteiger partial charge in [-0.05, 0) is 40.5 Å². The van der Waals surface area contributed by atoms with E-state index in [9.17, 15) is 19.2 Å². The smallest absolute Gasteiger partial charge is 0.299 e. The molecule has 0 heterocycles. The summed E-state index contributed by atoms with van der Waals surface area (Å²) in [6.07, 6.45) is 1.58. The van der Waals surface area contributed by atoms with Crippen LogP contribution in [-0.2, 0) is 38.7 Å². The van der Waals surface area contributed by atoms with Gasteiger partial charge in [0.15, 0.2) is 0 Å². The van der Waals surface area contributed by atoms with Gasteiger partial charge in [0.25, 0.3) is 0 Å². The van der Waals surface area contributed by atoms with Gasteiger partial charge in [-0.1, -0.05) is 13.8 Å². The average Bonchev–Trinajstić information content (AvgIpc) is 2.52. The molecule has 26 heavy (non-hydrogen) atoms. The van der Waals surface area contributed by atoms with Crippen molar-refractivity contribution in [3.63, 3.8) is 0 Å². The molecule has 8 heteroatoms. The molecule has 0 saturated carbocycles. The largest absolute Gasteiger partial charge is 0.349 e. The van der Waals surface area contributed by atoms with Gasteiger partial charge >= 0.3 is 11.9 Å². The molecule has 0 aliphatic rings. The van der Waals surface area contributed by atoms with E-state index in [0.717, 1.165) is 12.8 Å². The summed E-state index contributed by atoms with van der Waals surface area (Å²) < 4.78 is 0. The van der Waals surface area contributed by atoms with Crippen LogP contribution in [0.4, 0.5) is 0 Å². The SMILES string of the molecule is CCCC(=O)CC(=O)OOC(C)C.CCCC(=O)CC(=O)OOC(C)C. The molecule has 0 bridgehead atoms. The second-order valence-corrected chi connectivity index (χ2v) is 6.13. The fourth-order valence-corrected chi connectivity index (χ4v) is 1.42. The first-order chi connectivity index (χ1) is 12.1. The van der Waals surface area contributed by atoms with Crippen molar-refractivity contribution in [2.24, 2.45) is 0 Å². The fourth-order valence-electron chi connectivity index (χ4n) is 1.42. The predicted octanol–water partition coefficient (Wildman–Crippen LogP) is 3.26. The second kappa shape index (κ2) is 16.7. The van der Waals surface area contributed by atoms with Crippen molar-refractivity contribution in [1.82, 2.24) is 0 Å². The molecule has 0 atom stereocenters. The number of rotatable bonds is 12. The number of carbonyl (C=O) groups excluding carboxylic acids is 4. The van der Waals surface area contributed by atoms with Gasteiger partial charge in [0.2, 0.25) is 0 Å². The van der Waals surface area contributed by atoms with Gasteiger partial charge in [-0.15, -0.1) is 0 Å². The summed E-state index contributed by atoms with van der Waals surface area (Å²) in [6.45, 7) is 10.7. The summed E-state index contributed by atoms with van der Waals surface area (Å²) in [5, 5.41) is 0. The van der Waals surface area contributed by atoms with E-state index in [1.165, 1.54) is 0 Å². The van der Waals surface area contributed by atoms with Crippen molar-refractivity contribution in [2.75, 3.05) is 0 Å². The lowest BCUT2D eigenvalue weighted by atomic mass is 10.2. The van der Waals surface area contributed by atoms with E-state index in [2.05, 4.69) is 19.6 Å². The first kappa shape index (κ1) is 26.4. The van der Waals surface area contributed by atoms with Gasteiger partial charge < -0.3 is 0 Å². The first-order valence-electron chi connectivity index (χ1n) is 8.87. The summed E-state index contributed by atoms with van der Waals surface area (Å²) in [4.78, 5) is 61.5. The highest BCUT2D eigenvalue weighted by Gasteiger charge is 2.12. The summed E-state index contributed by atoms with van der Waals surface area (Å²) >= 11 is 0. The van der Waals surface area contributed by atoms with Crippen LogP contribution >= 0.6 is 0 Å². The molecular weight excluding hydrogens is 344 g/mol. The van der Waals surface area contributed by atoms with Gasteiger partial charge in [-0.3, -0.25) is 19.4 Å². The van der Waals surface area contributed by atoms with Crippen LogP contribution in [0.2, 0.25) is 0 Å².